The van der Waals surface area contributed by atoms with Gasteiger partial charge in [-0.25, -0.2) is 4.39 Å². The average molecular weight is 440 g/mol. The molecule has 4 amide bonds. The van der Waals surface area contributed by atoms with Gasteiger partial charge in [-0.3, -0.25) is 24.5 Å². The number of benzene rings is 1. The zero-order chi connectivity index (χ0) is 22.4. The summed E-state index contributed by atoms with van der Waals surface area (Å²) < 4.78 is 19.9. The summed E-state index contributed by atoms with van der Waals surface area (Å²) in [6.45, 7) is 1.95. The Morgan fingerprint density at radius 3 is 2.59 bits per heavy atom. The first kappa shape index (κ1) is 20.2. The quantitative estimate of drug-likeness (QED) is 0.718. The Balaban J connectivity index is 1.30. The van der Waals surface area contributed by atoms with Crippen molar-refractivity contribution in [2.24, 2.45) is 0 Å². The molecule has 2 fully saturated rings. The highest BCUT2D eigenvalue weighted by molar-refractivity contribution is 6.05. The Hall–Kier alpha value is -3.69. The molecular formula is C22H21FN4O5. The number of halogens is 1. The Kier molecular flexibility index (Phi) is 4.91. The van der Waals surface area contributed by atoms with Gasteiger partial charge in [0.05, 0.1) is 17.5 Å². The normalized spacial score (nSPS) is 21.1. The predicted octanol–water partition coefficient (Wildman–Crippen LogP) is 1.14. The molecule has 1 aromatic carbocycles. The van der Waals surface area contributed by atoms with Crippen molar-refractivity contribution in [3.63, 3.8) is 0 Å². The summed E-state index contributed by atoms with van der Waals surface area (Å²) >= 11 is 0. The topological polar surface area (TPSA) is 103 Å². The number of fused-ring (bicyclic) bond motifs is 1. The highest BCUT2D eigenvalue weighted by atomic mass is 19.1. The van der Waals surface area contributed by atoms with Gasteiger partial charge < -0.3 is 19.1 Å². The number of nitrogens with one attached hydrogen (secondary N) is 1. The molecule has 0 bridgehead atoms. The number of anilines is 1. The molecule has 2 aromatic rings. The van der Waals surface area contributed by atoms with E-state index in [1.165, 1.54) is 23.5 Å². The van der Waals surface area contributed by atoms with Gasteiger partial charge in [0.2, 0.25) is 11.8 Å². The highest BCUT2D eigenvalue weighted by Crippen LogP contribution is 2.33. The zero-order valence-corrected chi connectivity index (χ0v) is 17.2. The van der Waals surface area contributed by atoms with Crippen molar-refractivity contribution in [3.8, 4) is 0 Å². The Labute approximate surface area is 182 Å². The number of piperidine rings is 1. The van der Waals surface area contributed by atoms with E-state index >= 15 is 0 Å². The van der Waals surface area contributed by atoms with E-state index in [4.69, 9.17) is 4.42 Å². The molecule has 9 nitrogen and oxygen atoms in total. The van der Waals surface area contributed by atoms with Crippen LogP contribution in [0.3, 0.4) is 0 Å². The summed E-state index contributed by atoms with van der Waals surface area (Å²) in [7, 11) is 0. The third-order valence-corrected chi connectivity index (χ3v) is 6.27. The zero-order valence-electron chi connectivity index (χ0n) is 17.2. The minimum absolute atomic E-state index is 0.127. The second kappa shape index (κ2) is 7.77. The van der Waals surface area contributed by atoms with E-state index in [-0.39, 0.29) is 36.8 Å². The molecule has 1 unspecified atom stereocenters. The van der Waals surface area contributed by atoms with Gasteiger partial charge in [-0.2, -0.15) is 0 Å². The van der Waals surface area contributed by atoms with Crippen LogP contribution in [-0.4, -0.2) is 65.6 Å². The van der Waals surface area contributed by atoms with Crippen molar-refractivity contribution in [1.82, 2.24) is 15.1 Å². The number of carbonyl (C=O) groups is 4. The molecule has 4 heterocycles. The minimum Gasteiger partial charge on any atom is -0.472 e. The first-order chi connectivity index (χ1) is 15.4. The summed E-state index contributed by atoms with van der Waals surface area (Å²) in [5.74, 6) is -1.90. The fraction of sp³-hybridized carbons (Fsp3) is 0.364. The van der Waals surface area contributed by atoms with Crippen LogP contribution in [0.25, 0.3) is 0 Å². The largest absolute Gasteiger partial charge is 0.472 e. The van der Waals surface area contributed by atoms with E-state index in [1.807, 2.05) is 4.90 Å². The fourth-order valence-corrected chi connectivity index (χ4v) is 4.54. The van der Waals surface area contributed by atoms with Crippen molar-refractivity contribution in [2.75, 3.05) is 31.1 Å². The molecule has 0 saturated carbocycles. The smallest absolute Gasteiger partial charge is 0.257 e. The predicted molar refractivity (Wildman–Crippen MR) is 109 cm³/mol. The molecule has 1 atom stereocenters. The number of hydrogen-bond donors (Lipinski definition) is 1. The lowest BCUT2D eigenvalue weighted by Gasteiger charge is -2.36. The average Bonchev–Trinajstić information content (AvgIpc) is 3.42. The van der Waals surface area contributed by atoms with Crippen LogP contribution in [0, 0.1) is 5.82 Å². The fourth-order valence-electron chi connectivity index (χ4n) is 4.54. The molecule has 3 aliphatic rings. The van der Waals surface area contributed by atoms with Gasteiger partial charge in [0.1, 0.15) is 18.1 Å². The SMILES string of the molecule is O=C1CCC(N2Cc3cc(N4CCN(C(=O)c5ccoc5)CC4)c(F)cc3C2=O)C(=O)N1. The number of piperazine rings is 1. The van der Waals surface area contributed by atoms with Crippen LogP contribution in [0.1, 0.15) is 39.1 Å². The third kappa shape index (κ3) is 3.41. The van der Waals surface area contributed by atoms with E-state index in [9.17, 15) is 23.6 Å². The van der Waals surface area contributed by atoms with Crippen LogP contribution >= 0.6 is 0 Å². The molecular weight excluding hydrogens is 419 g/mol. The molecule has 0 radical (unpaired) electrons. The maximum Gasteiger partial charge on any atom is 0.257 e. The van der Waals surface area contributed by atoms with Crippen LogP contribution in [0.15, 0.2) is 35.1 Å². The van der Waals surface area contributed by atoms with Crippen LogP contribution in [0.4, 0.5) is 10.1 Å². The third-order valence-electron chi connectivity index (χ3n) is 6.27. The molecule has 0 spiro atoms. The molecule has 10 heteroatoms. The van der Waals surface area contributed by atoms with Gasteiger partial charge in [-0.15, -0.1) is 0 Å². The number of nitrogens with zero attached hydrogens (tertiary/aromatic N) is 3. The van der Waals surface area contributed by atoms with Gasteiger partial charge in [-0.1, -0.05) is 0 Å². The van der Waals surface area contributed by atoms with E-state index in [0.29, 0.717) is 43.0 Å². The lowest BCUT2D eigenvalue weighted by atomic mass is 10.0. The summed E-state index contributed by atoms with van der Waals surface area (Å²) in [5, 5.41) is 2.26. The van der Waals surface area contributed by atoms with Gasteiger partial charge in [0.15, 0.2) is 0 Å². The Morgan fingerprint density at radius 2 is 1.91 bits per heavy atom. The first-order valence-electron chi connectivity index (χ1n) is 10.5. The van der Waals surface area contributed by atoms with E-state index in [1.54, 1.807) is 17.0 Å². The molecule has 3 aliphatic heterocycles. The maximum atomic E-state index is 14.9. The monoisotopic (exact) mass is 440 g/mol. The standard InChI is InChI=1S/C22H21FN4O5/c23-16-10-15-14(11-27(22(15)31)17-1-2-19(28)24-20(17)29)9-18(16)25-4-6-26(7-5-25)21(30)13-3-8-32-12-13/h3,8-10,12,17H,1-2,4-7,11H2,(H,24,28,29). The first-order valence-corrected chi connectivity index (χ1v) is 10.5. The summed E-state index contributed by atoms with van der Waals surface area (Å²) in [4.78, 5) is 53.8. The highest BCUT2D eigenvalue weighted by Gasteiger charge is 2.40. The molecule has 0 aliphatic carbocycles. The molecule has 32 heavy (non-hydrogen) atoms. The molecule has 5 rings (SSSR count). The summed E-state index contributed by atoms with van der Waals surface area (Å²) in [5.41, 5.74) is 1.74. The molecule has 1 aromatic heterocycles. The second-order valence-electron chi connectivity index (χ2n) is 8.15. The van der Waals surface area contributed by atoms with Crippen LogP contribution in [-0.2, 0) is 16.1 Å². The number of imide groups is 1. The Morgan fingerprint density at radius 1 is 1.12 bits per heavy atom. The molecule has 1 N–H and O–H groups in total. The van der Waals surface area contributed by atoms with Crippen molar-refractivity contribution in [2.45, 2.75) is 25.4 Å². The van der Waals surface area contributed by atoms with Crippen molar-refractivity contribution < 1.29 is 28.0 Å². The minimum atomic E-state index is -0.739. The number of furan rings is 1. The number of amides is 4. The number of rotatable bonds is 3. The summed E-state index contributed by atoms with van der Waals surface area (Å²) in [6, 6.07) is 3.75. The van der Waals surface area contributed by atoms with E-state index in [0.717, 1.165) is 0 Å². The van der Waals surface area contributed by atoms with Gasteiger partial charge in [0, 0.05) is 44.7 Å². The van der Waals surface area contributed by atoms with Crippen LogP contribution < -0.4 is 10.2 Å². The van der Waals surface area contributed by atoms with Crippen molar-refractivity contribution >= 4 is 29.3 Å². The second-order valence-corrected chi connectivity index (χ2v) is 8.15. The van der Waals surface area contributed by atoms with Crippen LogP contribution in [0.5, 0.6) is 0 Å². The van der Waals surface area contributed by atoms with Crippen molar-refractivity contribution in [3.05, 3.63) is 53.2 Å². The number of carbonyl (C=O) groups excluding carboxylic acids is 4. The van der Waals surface area contributed by atoms with Crippen molar-refractivity contribution in [1.29, 1.82) is 0 Å². The lowest BCUT2D eigenvalue weighted by molar-refractivity contribution is -0.136. The Bertz CT molecular complexity index is 1110. The van der Waals surface area contributed by atoms with E-state index in [2.05, 4.69) is 5.32 Å². The summed E-state index contributed by atoms with van der Waals surface area (Å²) in [6.07, 6.45) is 3.27. The molecule has 2 saturated heterocycles. The van der Waals surface area contributed by atoms with Crippen LogP contribution in [0.2, 0.25) is 0 Å². The van der Waals surface area contributed by atoms with E-state index < -0.39 is 23.7 Å². The van der Waals surface area contributed by atoms with Gasteiger partial charge in [0.25, 0.3) is 11.8 Å². The number of hydrogen-bond acceptors (Lipinski definition) is 6. The van der Waals surface area contributed by atoms with Gasteiger partial charge in [-0.05, 0) is 30.2 Å². The molecule has 166 valence electrons. The maximum absolute atomic E-state index is 14.9. The lowest BCUT2D eigenvalue weighted by Crippen LogP contribution is -2.52. The van der Waals surface area contributed by atoms with Gasteiger partial charge >= 0.3 is 0 Å².